The van der Waals surface area contributed by atoms with Crippen LogP contribution in [0.1, 0.15) is 24.7 Å². The molecule has 6 nitrogen and oxygen atoms in total. The van der Waals surface area contributed by atoms with Crippen molar-refractivity contribution in [2.75, 3.05) is 33.8 Å². The molecule has 0 radical (unpaired) electrons. The van der Waals surface area contributed by atoms with E-state index in [1.165, 1.54) is 0 Å². The van der Waals surface area contributed by atoms with Crippen LogP contribution >= 0.6 is 0 Å². The van der Waals surface area contributed by atoms with Gasteiger partial charge in [-0.25, -0.2) is 4.98 Å². The fourth-order valence-corrected chi connectivity index (χ4v) is 3.48. The first-order chi connectivity index (χ1) is 15.1. The number of fused-ring (bicyclic) bond motifs is 1. The molecule has 6 heteroatoms. The molecule has 0 aliphatic carbocycles. The van der Waals surface area contributed by atoms with Crippen molar-refractivity contribution in [1.29, 1.82) is 0 Å². The van der Waals surface area contributed by atoms with E-state index >= 15 is 0 Å². The Morgan fingerprint density at radius 2 is 1.94 bits per heavy atom. The topological polar surface area (TPSA) is 59.4 Å². The van der Waals surface area contributed by atoms with E-state index in [2.05, 4.69) is 34.9 Å². The van der Waals surface area contributed by atoms with E-state index in [0.29, 0.717) is 19.6 Å². The van der Waals surface area contributed by atoms with Crippen LogP contribution in [0.25, 0.3) is 17.1 Å². The van der Waals surface area contributed by atoms with Crippen molar-refractivity contribution >= 4 is 23.0 Å². The van der Waals surface area contributed by atoms with Gasteiger partial charge in [-0.1, -0.05) is 24.3 Å². The number of amides is 1. The third kappa shape index (κ3) is 6.69. The Morgan fingerprint density at radius 1 is 1.16 bits per heavy atom. The van der Waals surface area contributed by atoms with Crippen LogP contribution in [0.5, 0.6) is 5.75 Å². The first-order valence-corrected chi connectivity index (χ1v) is 10.8. The highest BCUT2D eigenvalue weighted by molar-refractivity contribution is 5.91. The number of benzene rings is 2. The zero-order valence-electron chi connectivity index (χ0n) is 18.7. The second kappa shape index (κ2) is 11.3. The lowest BCUT2D eigenvalue weighted by Crippen LogP contribution is -2.24. The van der Waals surface area contributed by atoms with Gasteiger partial charge in [0.25, 0.3) is 0 Å². The van der Waals surface area contributed by atoms with Crippen molar-refractivity contribution in [2.45, 2.75) is 26.3 Å². The SMILES string of the molecule is CCOc1ccc(/C=C/C(=O)NCCc2nc3ccccc3n2CCCN(C)C)cc1. The zero-order valence-corrected chi connectivity index (χ0v) is 18.7. The molecule has 3 aromatic rings. The Labute approximate surface area is 184 Å². The Kier molecular flexibility index (Phi) is 8.24. The summed E-state index contributed by atoms with van der Waals surface area (Å²) in [5.74, 6) is 1.73. The van der Waals surface area contributed by atoms with Crippen molar-refractivity contribution in [3.8, 4) is 5.75 Å². The summed E-state index contributed by atoms with van der Waals surface area (Å²) in [6, 6.07) is 15.9. The number of para-hydroxylation sites is 2. The predicted molar refractivity (Wildman–Crippen MR) is 126 cm³/mol. The van der Waals surface area contributed by atoms with Gasteiger partial charge in [0.2, 0.25) is 5.91 Å². The van der Waals surface area contributed by atoms with Crippen molar-refractivity contribution < 1.29 is 9.53 Å². The average molecular weight is 421 g/mol. The number of carbonyl (C=O) groups is 1. The van der Waals surface area contributed by atoms with E-state index in [-0.39, 0.29) is 5.91 Å². The van der Waals surface area contributed by atoms with Gasteiger partial charge < -0.3 is 19.5 Å². The molecule has 0 saturated carbocycles. The minimum absolute atomic E-state index is 0.107. The summed E-state index contributed by atoms with van der Waals surface area (Å²) < 4.78 is 7.71. The predicted octanol–water partition coefficient (Wildman–Crippen LogP) is 3.76. The lowest BCUT2D eigenvalue weighted by molar-refractivity contribution is -0.116. The molecule has 0 bridgehead atoms. The molecule has 1 N–H and O–H groups in total. The summed E-state index contributed by atoms with van der Waals surface area (Å²) in [6.07, 6.45) is 5.12. The van der Waals surface area contributed by atoms with Gasteiger partial charge in [-0.2, -0.15) is 0 Å². The van der Waals surface area contributed by atoms with Gasteiger partial charge in [0.05, 0.1) is 17.6 Å². The standard InChI is InChI=1S/C25H32N4O2/c1-4-31-21-13-10-20(11-14-21)12-15-25(30)26-17-16-24-27-22-8-5-6-9-23(22)29(24)19-7-18-28(2)3/h5-6,8-15H,4,7,16-19H2,1-3H3,(H,26,30)/b15-12+. The molecule has 0 spiro atoms. The smallest absolute Gasteiger partial charge is 0.244 e. The van der Waals surface area contributed by atoms with Gasteiger partial charge in [0.15, 0.2) is 0 Å². The maximum Gasteiger partial charge on any atom is 0.244 e. The van der Waals surface area contributed by atoms with E-state index < -0.39 is 0 Å². The van der Waals surface area contributed by atoms with Gasteiger partial charge in [0, 0.05) is 25.6 Å². The zero-order chi connectivity index (χ0) is 22.1. The summed E-state index contributed by atoms with van der Waals surface area (Å²) in [5, 5.41) is 2.97. The van der Waals surface area contributed by atoms with Crippen molar-refractivity contribution in [2.24, 2.45) is 0 Å². The van der Waals surface area contributed by atoms with Crippen LogP contribution in [0.15, 0.2) is 54.6 Å². The molecule has 31 heavy (non-hydrogen) atoms. The highest BCUT2D eigenvalue weighted by atomic mass is 16.5. The number of carbonyl (C=O) groups excluding carboxylic acids is 1. The van der Waals surface area contributed by atoms with Crippen LogP contribution in [0.2, 0.25) is 0 Å². The molecular weight excluding hydrogens is 388 g/mol. The number of ether oxygens (including phenoxy) is 1. The fraction of sp³-hybridized carbons (Fsp3) is 0.360. The molecule has 0 aliphatic rings. The van der Waals surface area contributed by atoms with Crippen molar-refractivity contribution in [1.82, 2.24) is 19.8 Å². The number of nitrogens with one attached hydrogen (secondary N) is 1. The number of aryl methyl sites for hydroxylation is 1. The summed E-state index contributed by atoms with van der Waals surface area (Å²) >= 11 is 0. The maximum atomic E-state index is 12.2. The number of imidazole rings is 1. The lowest BCUT2D eigenvalue weighted by Gasteiger charge is -2.12. The number of nitrogens with zero attached hydrogens (tertiary/aromatic N) is 3. The van der Waals surface area contributed by atoms with Gasteiger partial charge in [-0.3, -0.25) is 4.79 Å². The van der Waals surface area contributed by atoms with Crippen LogP contribution < -0.4 is 10.1 Å². The van der Waals surface area contributed by atoms with E-state index in [4.69, 9.17) is 9.72 Å². The highest BCUT2D eigenvalue weighted by Crippen LogP contribution is 2.17. The normalized spacial score (nSPS) is 11.5. The van der Waals surface area contributed by atoms with Crippen molar-refractivity contribution in [3.05, 3.63) is 66.0 Å². The van der Waals surface area contributed by atoms with E-state index in [9.17, 15) is 4.79 Å². The summed E-state index contributed by atoms with van der Waals surface area (Å²) in [5.41, 5.74) is 3.11. The molecule has 0 fully saturated rings. The summed E-state index contributed by atoms with van der Waals surface area (Å²) in [6.45, 7) is 5.08. The van der Waals surface area contributed by atoms with E-state index in [0.717, 1.165) is 47.7 Å². The Morgan fingerprint density at radius 3 is 2.68 bits per heavy atom. The maximum absolute atomic E-state index is 12.2. The Hall–Kier alpha value is -3.12. The molecule has 1 heterocycles. The lowest BCUT2D eigenvalue weighted by atomic mass is 10.2. The quantitative estimate of drug-likeness (QED) is 0.480. The largest absolute Gasteiger partial charge is 0.494 e. The van der Waals surface area contributed by atoms with Gasteiger partial charge in [0.1, 0.15) is 11.6 Å². The fourth-order valence-electron chi connectivity index (χ4n) is 3.48. The first-order valence-electron chi connectivity index (χ1n) is 10.8. The first kappa shape index (κ1) is 22.6. The number of hydrogen-bond donors (Lipinski definition) is 1. The molecule has 164 valence electrons. The van der Waals surface area contributed by atoms with E-state index in [1.54, 1.807) is 6.08 Å². The second-order valence-electron chi connectivity index (χ2n) is 7.70. The third-order valence-electron chi connectivity index (χ3n) is 4.99. The minimum Gasteiger partial charge on any atom is -0.494 e. The molecule has 0 atom stereocenters. The molecule has 2 aromatic carbocycles. The van der Waals surface area contributed by atoms with Crippen LogP contribution in [-0.2, 0) is 17.8 Å². The van der Waals surface area contributed by atoms with Crippen LogP contribution in [0.4, 0.5) is 0 Å². The minimum atomic E-state index is -0.107. The molecule has 1 aromatic heterocycles. The highest BCUT2D eigenvalue weighted by Gasteiger charge is 2.10. The number of rotatable bonds is 11. The van der Waals surface area contributed by atoms with Crippen molar-refractivity contribution in [3.63, 3.8) is 0 Å². The summed E-state index contributed by atoms with van der Waals surface area (Å²) in [4.78, 5) is 19.2. The van der Waals surface area contributed by atoms with Crippen LogP contribution in [0.3, 0.4) is 0 Å². The average Bonchev–Trinajstić information content (AvgIpc) is 3.11. The molecule has 1 amide bonds. The van der Waals surface area contributed by atoms with Crippen LogP contribution in [-0.4, -0.2) is 54.1 Å². The Bertz CT molecular complexity index is 1010. The van der Waals surface area contributed by atoms with Gasteiger partial charge in [-0.15, -0.1) is 0 Å². The number of hydrogen-bond acceptors (Lipinski definition) is 4. The van der Waals surface area contributed by atoms with Gasteiger partial charge >= 0.3 is 0 Å². The third-order valence-corrected chi connectivity index (χ3v) is 4.99. The molecule has 0 saturated heterocycles. The Balaban J connectivity index is 1.56. The van der Waals surface area contributed by atoms with Crippen LogP contribution in [0, 0.1) is 0 Å². The molecule has 0 aliphatic heterocycles. The molecular formula is C25H32N4O2. The monoisotopic (exact) mass is 420 g/mol. The van der Waals surface area contributed by atoms with Gasteiger partial charge in [-0.05, 0) is 69.9 Å². The number of aromatic nitrogens is 2. The summed E-state index contributed by atoms with van der Waals surface area (Å²) in [7, 11) is 4.17. The molecule has 0 unspecified atom stereocenters. The second-order valence-corrected chi connectivity index (χ2v) is 7.70. The van der Waals surface area contributed by atoms with E-state index in [1.807, 2.05) is 55.5 Å². The molecule has 3 rings (SSSR count).